The van der Waals surface area contributed by atoms with Gasteiger partial charge in [-0.2, -0.15) is 0 Å². The molecule has 0 fully saturated rings. The zero-order valence-corrected chi connectivity index (χ0v) is 11.0. The van der Waals surface area contributed by atoms with Crippen LogP contribution in [-0.4, -0.2) is 5.91 Å². The van der Waals surface area contributed by atoms with Crippen molar-refractivity contribution in [1.82, 2.24) is 0 Å². The minimum atomic E-state index is -0.0798. The number of carbonyl (C=O) groups excluding carboxylic acids is 1. The topological polar surface area (TPSA) is 55.1 Å². The molecule has 0 aliphatic heterocycles. The molecule has 0 saturated carbocycles. The molecular weight excluding hydrogens is 236 g/mol. The van der Waals surface area contributed by atoms with Crippen LogP contribution < -0.4 is 11.1 Å². The monoisotopic (exact) mass is 254 g/mol. The summed E-state index contributed by atoms with van der Waals surface area (Å²) in [4.78, 5) is 12.1. The first kappa shape index (κ1) is 13.1. The molecule has 2 aromatic carbocycles. The van der Waals surface area contributed by atoms with Gasteiger partial charge in [-0.15, -0.1) is 0 Å². The average Bonchev–Trinajstić information content (AvgIpc) is 2.40. The molecule has 0 saturated heterocycles. The van der Waals surface area contributed by atoms with E-state index in [-0.39, 0.29) is 11.8 Å². The van der Waals surface area contributed by atoms with Crippen LogP contribution in [0.25, 0.3) is 0 Å². The molecule has 19 heavy (non-hydrogen) atoms. The number of nitrogen functional groups attached to an aromatic ring is 1. The average molecular weight is 254 g/mol. The Kier molecular flexibility index (Phi) is 4.18. The zero-order chi connectivity index (χ0) is 13.7. The van der Waals surface area contributed by atoms with Crippen LogP contribution in [0, 0.1) is 5.92 Å². The van der Waals surface area contributed by atoms with Gasteiger partial charge in [-0.05, 0) is 30.2 Å². The summed E-state index contributed by atoms with van der Waals surface area (Å²) in [6.45, 7) is 1.93. The molecule has 0 aliphatic carbocycles. The molecule has 0 aromatic heterocycles. The molecule has 0 heterocycles. The quantitative estimate of drug-likeness (QED) is 0.824. The number of rotatable bonds is 4. The van der Waals surface area contributed by atoms with Gasteiger partial charge in [0.15, 0.2) is 0 Å². The number of anilines is 2. The maximum absolute atomic E-state index is 12.1. The van der Waals surface area contributed by atoms with E-state index in [4.69, 9.17) is 5.73 Å². The Morgan fingerprint density at radius 2 is 1.89 bits per heavy atom. The van der Waals surface area contributed by atoms with Crippen LogP contribution in [-0.2, 0) is 11.2 Å². The lowest BCUT2D eigenvalue weighted by molar-refractivity contribution is -0.119. The Labute approximate surface area is 113 Å². The molecule has 1 atom stereocenters. The first-order valence-electron chi connectivity index (χ1n) is 6.35. The molecule has 2 aromatic rings. The van der Waals surface area contributed by atoms with Gasteiger partial charge in [0.25, 0.3) is 0 Å². The fourth-order valence-electron chi connectivity index (χ4n) is 1.94. The van der Waals surface area contributed by atoms with Gasteiger partial charge in [-0.1, -0.05) is 43.3 Å². The van der Waals surface area contributed by atoms with Gasteiger partial charge in [0.2, 0.25) is 5.91 Å². The summed E-state index contributed by atoms with van der Waals surface area (Å²) in [6.07, 6.45) is 0.731. The summed E-state index contributed by atoms with van der Waals surface area (Å²) in [5, 5.41) is 2.88. The molecule has 2 rings (SSSR count). The maximum atomic E-state index is 12.1. The number of carbonyl (C=O) groups is 1. The molecule has 0 radical (unpaired) electrons. The molecule has 0 spiro atoms. The van der Waals surface area contributed by atoms with Crippen LogP contribution in [0.2, 0.25) is 0 Å². The van der Waals surface area contributed by atoms with E-state index in [0.29, 0.717) is 5.69 Å². The van der Waals surface area contributed by atoms with Crippen LogP contribution in [0.5, 0.6) is 0 Å². The van der Waals surface area contributed by atoms with Gasteiger partial charge in [0.05, 0.1) is 0 Å². The van der Waals surface area contributed by atoms with Gasteiger partial charge in [-0.3, -0.25) is 4.79 Å². The molecule has 0 bridgehead atoms. The normalized spacial score (nSPS) is 11.8. The Hall–Kier alpha value is -2.29. The Balaban J connectivity index is 1.96. The Morgan fingerprint density at radius 3 is 2.58 bits per heavy atom. The Morgan fingerprint density at radius 1 is 1.16 bits per heavy atom. The highest BCUT2D eigenvalue weighted by Crippen LogP contribution is 2.15. The van der Waals surface area contributed by atoms with E-state index in [2.05, 4.69) is 5.32 Å². The van der Waals surface area contributed by atoms with E-state index in [1.165, 1.54) is 0 Å². The molecule has 3 nitrogen and oxygen atoms in total. The van der Waals surface area contributed by atoms with Gasteiger partial charge < -0.3 is 11.1 Å². The molecule has 1 amide bonds. The molecule has 3 heteroatoms. The van der Waals surface area contributed by atoms with E-state index in [0.717, 1.165) is 17.7 Å². The predicted molar refractivity (Wildman–Crippen MR) is 78.8 cm³/mol. The first-order chi connectivity index (χ1) is 9.15. The summed E-state index contributed by atoms with van der Waals surface area (Å²) >= 11 is 0. The van der Waals surface area contributed by atoms with Crippen molar-refractivity contribution >= 4 is 17.3 Å². The highest BCUT2D eigenvalue weighted by Gasteiger charge is 2.13. The first-order valence-corrected chi connectivity index (χ1v) is 6.35. The van der Waals surface area contributed by atoms with Gasteiger partial charge >= 0.3 is 0 Å². The van der Waals surface area contributed by atoms with Crippen molar-refractivity contribution in [2.75, 3.05) is 11.1 Å². The van der Waals surface area contributed by atoms with Crippen LogP contribution in [0.4, 0.5) is 11.4 Å². The van der Waals surface area contributed by atoms with Crippen molar-refractivity contribution in [3.05, 3.63) is 60.2 Å². The lowest BCUT2D eigenvalue weighted by Gasteiger charge is -2.12. The lowest BCUT2D eigenvalue weighted by Crippen LogP contribution is -2.22. The molecule has 98 valence electrons. The number of amides is 1. The third-order valence-electron chi connectivity index (χ3n) is 2.99. The third-order valence-corrected chi connectivity index (χ3v) is 2.99. The highest BCUT2D eigenvalue weighted by molar-refractivity contribution is 5.92. The fraction of sp³-hybridized carbons (Fsp3) is 0.188. The zero-order valence-electron chi connectivity index (χ0n) is 11.0. The van der Waals surface area contributed by atoms with Crippen molar-refractivity contribution in [2.24, 2.45) is 5.92 Å². The van der Waals surface area contributed by atoms with Crippen molar-refractivity contribution in [3.63, 3.8) is 0 Å². The van der Waals surface area contributed by atoms with Gasteiger partial charge in [-0.25, -0.2) is 0 Å². The summed E-state index contributed by atoms with van der Waals surface area (Å²) in [5.74, 6) is -0.0710. The second-order valence-corrected chi connectivity index (χ2v) is 4.71. The SMILES string of the molecule is C[C@@H](Cc1ccccc1)C(=O)Nc1cccc(N)c1. The van der Waals surface area contributed by atoms with E-state index < -0.39 is 0 Å². The number of benzene rings is 2. The number of hydrogen-bond acceptors (Lipinski definition) is 2. The summed E-state index contributed by atoms with van der Waals surface area (Å²) < 4.78 is 0. The summed E-state index contributed by atoms with van der Waals surface area (Å²) in [6, 6.07) is 17.2. The standard InChI is InChI=1S/C16H18N2O/c1-12(10-13-6-3-2-4-7-13)16(19)18-15-9-5-8-14(17)11-15/h2-9,11-12H,10,17H2,1H3,(H,18,19)/t12-/m0/s1. The minimum Gasteiger partial charge on any atom is -0.399 e. The molecule has 3 N–H and O–H groups in total. The van der Waals surface area contributed by atoms with Gasteiger partial charge in [0.1, 0.15) is 0 Å². The smallest absolute Gasteiger partial charge is 0.227 e. The minimum absolute atomic E-state index is 0.00875. The highest BCUT2D eigenvalue weighted by atomic mass is 16.1. The third kappa shape index (κ3) is 3.85. The van der Waals surface area contributed by atoms with Crippen LogP contribution >= 0.6 is 0 Å². The number of nitrogens with two attached hydrogens (primary N) is 1. The Bertz CT molecular complexity index is 552. The predicted octanol–water partition coefficient (Wildman–Crippen LogP) is 3.09. The van der Waals surface area contributed by atoms with Crippen LogP contribution in [0.3, 0.4) is 0 Å². The van der Waals surface area contributed by atoms with Crippen molar-refractivity contribution in [2.45, 2.75) is 13.3 Å². The lowest BCUT2D eigenvalue weighted by atomic mass is 10.0. The maximum Gasteiger partial charge on any atom is 0.227 e. The largest absolute Gasteiger partial charge is 0.399 e. The molecular formula is C16H18N2O. The van der Waals surface area contributed by atoms with E-state index in [9.17, 15) is 4.79 Å². The molecule has 0 unspecified atom stereocenters. The second kappa shape index (κ2) is 6.05. The summed E-state index contributed by atoms with van der Waals surface area (Å²) in [5.41, 5.74) is 8.23. The summed E-state index contributed by atoms with van der Waals surface area (Å²) in [7, 11) is 0. The van der Waals surface area contributed by atoms with Crippen molar-refractivity contribution in [1.29, 1.82) is 0 Å². The van der Waals surface area contributed by atoms with Crippen molar-refractivity contribution in [3.8, 4) is 0 Å². The van der Waals surface area contributed by atoms with E-state index in [1.807, 2.05) is 49.4 Å². The number of nitrogens with one attached hydrogen (secondary N) is 1. The van der Waals surface area contributed by atoms with E-state index >= 15 is 0 Å². The van der Waals surface area contributed by atoms with Crippen molar-refractivity contribution < 1.29 is 4.79 Å². The van der Waals surface area contributed by atoms with Crippen LogP contribution in [0.15, 0.2) is 54.6 Å². The second-order valence-electron chi connectivity index (χ2n) is 4.71. The van der Waals surface area contributed by atoms with E-state index in [1.54, 1.807) is 12.1 Å². The van der Waals surface area contributed by atoms with Crippen LogP contribution in [0.1, 0.15) is 12.5 Å². The fourth-order valence-corrected chi connectivity index (χ4v) is 1.94. The van der Waals surface area contributed by atoms with Gasteiger partial charge in [0, 0.05) is 17.3 Å². The molecule has 0 aliphatic rings. The number of hydrogen-bond donors (Lipinski definition) is 2.